The van der Waals surface area contributed by atoms with E-state index in [-0.39, 0.29) is 47.3 Å². The lowest BCUT2D eigenvalue weighted by Gasteiger charge is -2.33. The molecule has 2 aromatic carbocycles. The van der Waals surface area contributed by atoms with E-state index < -0.39 is 52.7 Å². The summed E-state index contributed by atoms with van der Waals surface area (Å²) in [4.78, 5) is 15.6. The summed E-state index contributed by atoms with van der Waals surface area (Å²) in [5, 5.41) is 6.62. The van der Waals surface area contributed by atoms with Crippen molar-refractivity contribution >= 4 is 21.6 Å². The number of sulfone groups is 1. The Morgan fingerprint density at radius 2 is 1.74 bits per heavy atom. The Kier molecular flexibility index (Phi) is 7.53. The average molecular weight is 564 g/mol. The summed E-state index contributed by atoms with van der Waals surface area (Å²) in [5.74, 6) is -3.26. The monoisotopic (exact) mass is 564 g/mol. The number of nitrogens with zero attached hydrogens (tertiary/aromatic N) is 4. The molecule has 2 amide bonds. The first-order valence-corrected chi connectivity index (χ1v) is 12.7. The number of hydrogen-bond donors (Lipinski definition) is 0. The summed E-state index contributed by atoms with van der Waals surface area (Å²) in [5.41, 5.74) is 0.0364. The summed E-state index contributed by atoms with van der Waals surface area (Å²) in [7, 11) is -3.33. The maximum Gasteiger partial charge on any atom is 0.573 e. The van der Waals surface area contributed by atoms with E-state index >= 15 is 4.39 Å². The van der Waals surface area contributed by atoms with E-state index in [1.165, 1.54) is 17.0 Å². The van der Waals surface area contributed by atoms with Crippen LogP contribution in [0, 0.1) is 5.82 Å². The number of benzene rings is 2. The third-order valence-electron chi connectivity index (χ3n) is 5.48. The summed E-state index contributed by atoms with van der Waals surface area (Å²) < 4.78 is 110. The fourth-order valence-corrected chi connectivity index (χ4v) is 4.79. The quantitative estimate of drug-likeness (QED) is 0.404. The normalized spacial score (nSPS) is 15.5. The standard InChI is InChI=1S/C22H18F6N4O5S/c23-17-11-13(19-29-30-20(36-19)18(24)25)1-2-14(17)12-32(21(33)31-7-9-38(34,35)10-8-31)15-3-5-16(6-4-15)37-22(26,27)28/h1-6,11,18H,7-10,12H2. The van der Waals surface area contributed by atoms with Gasteiger partial charge < -0.3 is 14.1 Å². The summed E-state index contributed by atoms with van der Waals surface area (Å²) in [6.07, 6.45) is -7.95. The second-order valence-electron chi connectivity index (χ2n) is 8.10. The number of hydrogen-bond acceptors (Lipinski definition) is 7. The predicted molar refractivity (Wildman–Crippen MR) is 120 cm³/mol. The number of aromatic nitrogens is 2. The van der Waals surface area contributed by atoms with Crippen molar-refractivity contribution in [1.82, 2.24) is 15.1 Å². The highest BCUT2D eigenvalue weighted by Crippen LogP contribution is 2.29. The molecule has 1 aliphatic rings. The molecular formula is C22H18F6N4O5S. The molecule has 1 saturated heterocycles. The van der Waals surface area contributed by atoms with Gasteiger partial charge in [-0.2, -0.15) is 8.78 Å². The minimum Gasteiger partial charge on any atom is -0.415 e. The van der Waals surface area contributed by atoms with Crippen LogP contribution in [0.3, 0.4) is 0 Å². The highest BCUT2D eigenvalue weighted by Gasteiger charge is 2.32. The Balaban J connectivity index is 1.61. The van der Waals surface area contributed by atoms with Crippen LogP contribution in [0.1, 0.15) is 17.9 Å². The number of carbonyl (C=O) groups is 1. The van der Waals surface area contributed by atoms with E-state index in [9.17, 15) is 35.2 Å². The van der Waals surface area contributed by atoms with Crippen LogP contribution in [0.25, 0.3) is 11.5 Å². The number of amides is 2. The zero-order chi connectivity index (χ0) is 27.7. The first-order chi connectivity index (χ1) is 17.8. The molecule has 0 atom stereocenters. The van der Waals surface area contributed by atoms with Gasteiger partial charge in [0.05, 0.1) is 18.1 Å². The SMILES string of the molecule is O=C(N1CCS(=O)(=O)CC1)N(Cc1ccc(-c2nnc(C(F)F)o2)cc1F)c1ccc(OC(F)(F)F)cc1. The number of carbonyl (C=O) groups excluding carboxylic acids is 1. The second kappa shape index (κ2) is 10.5. The fraction of sp³-hybridized carbons (Fsp3) is 0.318. The lowest BCUT2D eigenvalue weighted by atomic mass is 10.1. The van der Waals surface area contributed by atoms with Gasteiger partial charge in [-0.25, -0.2) is 17.6 Å². The molecule has 1 aromatic heterocycles. The molecular weight excluding hydrogens is 546 g/mol. The molecule has 0 aliphatic carbocycles. The van der Waals surface area contributed by atoms with Gasteiger partial charge in [-0.15, -0.1) is 23.4 Å². The smallest absolute Gasteiger partial charge is 0.415 e. The minimum absolute atomic E-state index is 0.00147. The lowest BCUT2D eigenvalue weighted by Crippen LogP contribution is -2.49. The van der Waals surface area contributed by atoms with Crippen LogP contribution in [-0.4, -0.2) is 60.5 Å². The Morgan fingerprint density at radius 3 is 2.29 bits per heavy atom. The van der Waals surface area contributed by atoms with Gasteiger partial charge in [-0.05, 0) is 36.4 Å². The van der Waals surface area contributed by atoms with Gasteiger partial charge in [0.25, 0.3) is 5.89 Å². The molecule has 0 radical (unpaired) electrons. The molecule has 1 fully saturated rings. The van der Waals surface area contributed by atoms with Crippen molar-refractivity contribution in [1.29, 1.82) is 0 Å². The van der Waals surface area contributed by atoms with Crippen molar-refractivity contribution in [3.05, 3.63) is 59.7 Å². The van der Waals surface area contributed by atoms with E-state index in [2.05, 4.69) is 14.9 Å². The number of alkyl halides is 5. The number of anilines is 1. The molecule has 38 heavy (non-hydrogen) atoms. The van der Waals surface area contributed by atoms with E-state index in [0.29, 0.717) is 0 Å². The molecule has 204 valence electrons. The zero-order valence-electron chi connectivity index (χ0n) is 19.2. The van der Waals surface area contributed by atoms with Crippen LogP contribution < -0.4 is 9.64 Å². The molecule has 0 bridgehead atoms. The maximum absolute atomic E-state index is 15.0. The summed E-state index contributed by atoms with van der Waals surface area (Å²) in [6.45, 7) is -0.657. The number of ether oxygens (including phenoxy) is 1. The first kappa shape index (κ1) is 27.2. The van der Waals surface area contributed by atoms with Gasteiger partial charge in [-0.3, -0.25) is 4.90 Å². The van der Waals surface area contributed by atoms with Gasteiger partial charge >= 0.3 is 18.8 Å². The van der Waals surface area contributed by atoms with Crippen molar-refractivity contribution in [2.75, 3.05) is 29.5 Å². The van der Waals surface area contributed by atoms with E-state index in [1.54, 1.807) is 0 Å². The second-order valence-corrected chi connectivity index (χ2v) is 10.4. The molecule has 16 heteroatoms. The van der Waals surface area contributed by atoms with Crippen LogP contribution in [0.5, 0.6) is 5.75 Å². The van der Waals surface area contributed by atoms with Gasteiger partial charge in [0.1, 0.15) is 11.6 Å². The predicted octanol–water partition coefficient (Wildman–Crippen LogP) is 4.57. The highest BCUT2D eigenvalue weighted by atomic mass is 32.2. The van der Waals surface area contributed by atoms with Crippen molar-refractivity contribution in [3.63, 3.8) is 0 Å². The van der Waals surface area contributed by atoms with Crippen LogP contribution in [0.4, 0.5) is 36.8 Å². The first-order valence-electron chi connectivity index (χ1n) is 10.8. The molecule has 4 rings (SSSR count). The van der Waals surface area contributed by atoms with Gasteiger partial charge in [0, 0.05) is 29.9 Å². The van der Waals surface area contributed by atoms with Crippen LogP contribution in [-0.2, 0) is 16.4 Å². The summed E-state index contributed by atoms with van der Waals surface area (Å²) >= 11 is 0. The number of rotatable bonds is 6. The molecule has 1 aliphatic heterocycles. The minimum atomic E-state index is -4.93. The Labute approximate surface area is 211 Å². The van der Waals surface area contributed by atoms with Crippen LogP contribution in [0.2, 0.25) is 0 Å². The maximum atomic E-state index is 15.0. The number of halogens is 6. The molecule has 0 spiro atoms. The number of urea groups is 1. The van der Waals surface area contributed by atoms with Crippen molar-refractivity contribution in [3.8, 4) is 17.2 Å². The Hall–Kier alpha value is -3.82. The molecule has 0 unspecified atom stereocenters. The van der Waals surface area contributed by atoms with Gasteiger partial charge in [-0.1, -0.05) is 6.07 Å². The topological polar surface area (TPSA) is 106 Å². The largest absolute Gasteiger partial charge is 0.573 e. The molecule has 9 nitrogen and oxygen atoms in total. The van der Waals surface area contributed by atoms with Crippen molar-refractivity contribution in [2.45, 2.75) is 19.3 Å². The van der Waals surface area contributed by atoms with Crippen molar-refractivity contribution in [2.24, 2.45) is 0 Å². The van der Waals surface area contributed by atoms with E-state index in [1.807, 2.05) is 0 Å². The molecule has 3 aromatic rings. The average Bonchev–Trinajstić information content (AvgIpc) is 3.33. The summed E-state index contributed by atoms with van der Waals surface area (Å²) in [6, 6.07) is 7.06. The van der Waals surface area contributed by atoms with Gasteiger partial charge in [0.2, 0.25) is 5.89 Å². The van der Waals surface area contributed by atoms with Crippen LogP contribution >= 0.6 is 0 Å². The zero-order valence-corrected chi connectivity index (χ0v) is 20.0. The molecule has 0 saturated carbocycles. The highest BCUT2D eigenvalue weighted by molar-refractivity contribution is 7.91. The molecule has 2 heterocycles. The Bertz CT molecular complexity index is 1400. The van der Waals surface area contributed by atoms with Crippen LogP contribution in [0.15, 0.2) is 46.9 Å². The third-order valence-corrected chi connectivity index (χ3v) is 7.09. The fourth-order valence-electron chi connectivity index (χ4n) is 3.59. The van der Waals surface area contributed by atoms with E-state index in [0.717, 1.165) is 35.2 Å². The molecule has 0 N–H and O–H groups in total. The van der Waals surface area contributed by atoms with Gasteiger partial charge in [0.15, 0.2) is 9.84 Å². The lowest BCUT2D eigenvalue weighted by molar-refractivity contribution is -0.274. The third kappa shape index (κ3) is 6.54. The van der Waals surface area contributed by atoms with E-state index in [4.69, 9.17) is 4.42 Å². The Morgan fingerprint density at radius 1 is 1.08 bits per heavy atom. The van der Waals surface area contributed by atoms with Crippen molar-refractivity contribution < 1.29 is 48.7 Å².